The van der Waals surface area contributed by atoms with E-state index in [1.807, 2.05) is 0 Å². The van der Waals surface area contributed by atoms with Gasteiger partial charge in [0, 0.05) is 25.8 Å². The molecule has 0 aromatic heterocycles. The van der Waals surface area contributed by atoms with Crippen molar-refractivity contribution in [1.82, 2.24) is 4.90 Å². The highest BCUT2D eigenvalue weighted by Gasteiger charge is 2.26. The number of hydrogen-bond donors (Lipinski definition) is 0. The van der Waals surface area contributed by atoms with Crippen LogP contribution in [0.3, 0.4) is 0 Å². The van der Waals surface area contributed by atoms with Crippen LogP contribution in [0.4, 0.5) is 0 Å². The van der Waals surface area contributed by atoms with Crippen molar-refractivity contribution in [3.63, 3.8) is 0 Å². The molecule has 0 saturated carbocycles. The molecule has 1 aromatic rings. The highest BCUT2D eigenvalue weighted by atomic mass is 35.5. The normalized spacial score (nSPS) is 19.7. The lowest BCUT2D eigenvalue weighted by atomic mass is 10.2. The first-order valence-corrected chi connectivity index (χ1v) is 6.14. The van der Waals surface area contributed by atoms with E-state index in [4.69, 9.17) is 27.9 Å². The van der Waals surface area contributed by atoms with E-state index < -0.39 is 0 Å². The number of rotatable bonds is 2. The zero-order chi connectivity index (χ0) is 12.4. The number of ether oxygens (including phenoxy) is 1. The third-order valence-electron chi connectivity index (χ3n) is 2.93. The van der Waals surface area contributed by atoms with Crippen LogP contribution < -0.4 is 0 Å². The van der Waals surface area contributed by atoms with E-state index in [0.29, 0.717) is 22.2 Å². The number of amides is 1. The van der Waals surface area contributed by atoms with Crippen molar-refractivity contribution in [1.29, 1.82) is 0 Å². The molecule has 0 bridgehead atoms. The molecule has 1 amide bonds. The smallest absolute Gasteiger partial charge is 0.253 e. The van der Waals surface area contributed by atoms with Gasteiger partial charge >= 0.3 is 0 Å². The number of methoxy groups -OCH3 is 1. The lowest BCUT2D eigenvalue weighted by Gasteiger charge is -2.16. The van der Waals surface area contributed by atoms with Crippen LogP contribution in [0.2, 0.25) is 10.0 Å². The summed E-state index contributed by atoms with van der Waals surface area (Å²) >= 11 is 11.7. The zero-order valence-corrected chi connectivity index (χ0v) is 11.0. The van der Waals surface area contributed by atoms with Crippen LogP contribution in [0.25, 0.3) is 0 Å². The van der Waals surface area contributed by atoms with Crippen LogP contribution in [0.1, 0.15) is 16.8 Å². The van der Waals surface area contributed by atoms with Gasteiger partial charge in [-0.25, -0.2) is 0 Å². The molecule has 0 aliphatic carbocycles. The summed E-state index contributed by atoms with van der Waals surface area (Å²) in [4.78, 5) is 13.9. The minimum Gasteiger partial charge on any atom is -0.380 e. The maximum absolute atomic E-state index is 12.1. The van der Waals surface area contributed by atoms with Gasteiger partial charge in [0.25, 0.3) is 5.91 Å². The molecule has 2 rings (SSSR count). The third-order valence-corrected chi connectivity index (χ3v) is 3.67. The van der Waals surface area contributed by atoms with Gasteiger partial charge in [-0.3, -0.25) is 4.79 Å². The summed E-state index contributed by atoms with van der Waals surface area (Å²) in [6, 6.07) is 4.93. The molecule has 5 heteroatoms. The van der Waals surface area contributed by atoms with Crippen molar-refractivity contribution in [2.24, 2.45) is 0 Å². The van der Waals surface area contributed by atoms with E-state index in [9.17, 15) is 4.79 Å². The first kappa shape index (κ1) is 12.7. The van der Waals surface area contributed by atoms with E-state index in [-0.39, 0.29) is 12.0 Å². The van der Waals surface area contributed by atoms with Crippen LogP contribution in [-0.4, -0.2) is 37.1 Å². The third kappa shape index (κ3) is 2.73. The molecule has 0 N–H and O–H groups in total. The van der Waals surface area contributed by atoms with Crippen LogP contribution in [0.5, 0.6) is 0 Å². The van der Waals surface area contributed by atoms with Crippen molar-refractivity contribution in [3.8, 4) is 0 Å². The Morgan fingerprint density at radius 3 is 2.76 bits per heavy atom. The van der Waals surface area contributed by atoms with Crippen LogP contribution in [-0.2, 0) is 4.74 Å². The first-order chi connectivity index (χ1) is 8.11. The lowest BCUT2D eigenvalue weighted by molar-refractivity contribution is 0.0724. The Labute approximate surface area is 110 Å². The summed E-state index contributed by atoms with van der Waals surface area (Å²) in [5, 5.41) is 0.861. The maximum atomic E-state index is 12.1. The van der Waals surface area contributed by atoms with Crippen molar-refractivity contribution < 1.29 is 9.53 Å². The van der Waals surface area contributed by atoms with Crippen molar-refractivity contribution in [2.45, 2.75) is 12.5 Å². The predicted octanol–water partition coefficient (Wildman–Crippen LogP) is 2.85. The Kier molecular flexibility index (Phi) is 3.92. The lowest BCUT2D eigenvalue weighted by Crippen LogP contribution is -2.29. The van der Waals surface area contributed by atoms with Gasteiger partial charge in [-0.2, -0.15) is 0 Å². The van der Waals surface area contributed by atoms with Gasteiger partial charge in [0.2, 0.25) is 0 Å². The molecule has 0 radical (unpaired) electrons. The molecule has 1 aromatic carbocycles. The Hall–Kier alpha value is -0.770. The van der Waals surface area contributed by atoms with Crippen molar-refractivity contribution >= 4 is 29.1 Å². The molecule has 1 unspecified atom stereocenters. The van der Waals surface area contributed by atoms with Crippen molar-refractivity contribution in [3.05, 3.63) is 33.8 Å². The molecule has 1 aliphatic rings. The summed E-state index contributed by atoms with van der Waals surface area (Å²) < 4.78 is 5.23. The van der Waals surface area contributed by atoms with Gasteiger partial charge in [-0.15, -0.1) is 0 Å². The topological polar surface area (TPSA) is 29.5 Å². The summed E-state index contributed by atoms with van der Waals surface area (Å²) in [6.07, 6.45) is 1.02. The second-order valence-corrected chi connectivity index (χ2v) is 4.84. The predicted molar refractivity (Wildman–Crippen MR) is 67.8 cm³/mol. The standard InChI is InChI=1S/C12H13Cl2NO2/c1-17-9-4-5-15(7-9)12(16)8-2-3-10(13)11(14)6-8/h2-3,6,9H,4-5,7H2,1H3. The van der Waals surface area contributed by atoms with Gasteiger partial charge in [0.05, 0.1) is 16.1 Å². The first-order valence-electron chi connectivity index (χ1n) is 5.39. The van der Waals surface area contributed by atoms with Crippen molar-refractivity contribution in [2.75, 3.05) is 20.2 Å². The highest BCUT2D eigenvalue weighted by molar-refractivity contribution is 6.42. The van der Waals surface area contributed by atoms with E-state index >= 15 is 0 Å². The molecular weight excluding hydrogens is 261 g/mol. The molecule has 1 heterocycles. The number of carbonyl (C=O) groups is 1. The molecule has 1 aliphatic heterocycles. The highest BCUT2D eigenvalue weighted by Crippen LogP contribution is 2.24. The fraction of sp³-hybridized carbons (Fsp3) is 0.417. The van der Waals surface area contributed by atoms with Gasteiger partial charge < -0.3 is 9.64 Å². The fourth-order valence-corrected chi connectivity index (χ4v) is 2.21. The van der Waals surface area contributed by atoms with E-state index in [2.05, 4.69) is 0 Å². The van der Waals surface area contributed by atoms with Crippen LogP contribution >= 0.6 is 23.2 Å². The Morgan fingerprint density at radius 2 is 2.18 bits per heavy atom. The number of nitrogens with zero attached hydrogens (tertiary/aromatic N) is 1. The van der Waals surface area contributed by atoms with Gasteiger partial charge in [-0.05, 0) is 24.6 Å². The monoisotopic (exact) mass is 273 g/mol. The summed E-state index contributed by atoms with van der Waals surface area (Å²) in [7, 11) is 1.66. The van der Waals surface area contributed by atoms with Crippen LogP contribution in [0, 0.1) is 0 Å². The number of likely N-dealkylation sites (tertiary alicyclic amines) is 1. The molecule has 1 saturated heterocycles. The molecule has 92 valence electrons. The van der Waals surface area contributed by atoms with Gasteiger partial charge in [0.15, 0.2) is 0 Å². The van der Waals surface area contributed by atoms with E-state index in [0.717, 1.165) is 13.0 Å². The Bertz CT molecular complexity index is 437. The minimum absolute atomic E-state index is 0.0249. The summed E-state index contributed by atoms with van der Waals surface area (Å²) in [5.74, 6) is -0.0249. The molecule has 0 spiro atoms. The molecule has 1 fully saturated rings. The van der Waals surface area contributed by atoms with Crippen LogP contribution in [0.15, 0.2) is 18.2 Å². The second kappa shape index (κ2) is 5.25. The Morgan fingerprint density at radius 1 is 1.41 bits per heavy atom. The van der Waals surface area contributed by atoms with E-state index in [1.54, 1.807) is 30.2 Å². The van der Waals surface area contributed by atoms with Gasteiger partial charge in [0.1, 0.15) is 0 Å². The average Bonchev–Trinajstić information content (AvgIpc) is 2.80. The Balaban J connectivity index is 2.12. The largest absolute Gasteiger partial charge is 0.380 e. The fourth-order valence-electron chi connectivity index (χ4n) is 1.92. The van der Waals surface area contributed by atoms with E-state index in [1.165, 1.54) is 0 Å². The SMILES string of the molecule is COC1CCN(C(=O)c2ccc(Cl)c(Cl)c2)C1. The molecule has 3 nitrogen and oxygen atoms in total. The number of halogens is 2. The number of carbonyl (C=O) groups excluding carboxylic acids is 1. The summed E-state index contributed by atoms with van der Waals surface area (Å²) in [5.41, 5.74) is 0.566. The molecule has 17 heavy (non-hydrogen) atoms. The number of hydrogen-bond acceptors (Lipinski definition) is 2. The second-order valence-electron chi connectivity index (χ2n) is 4.03. The maximum Gasteiger partial charge on any atom is 0.253 e. The minimum atomic E-state index is -0.0249. The summed E-state index contributed by atoms with van der Waals surface area (Å²) in [6.45, 7) is 1.35. The quantitative estimate of drug-likeness (QED) is 0.830. The zero-order valence-electron chi connectivity index (χ0n) is 9.45. The average molecular weight is 274 g/mol. The number of benzene rings is 1. The molecule has 1 atom stereocenters. The van der Waals surface area contributed by atoms with Gasteiger partial charge in [-0.1, -0.05) is 23.2 Å². The molecular formula is C12H13Cl2NO2.